The van der Waals surface area contributed by atoms with Gasteiger partial charge in [0.05, 0.1) is 29.7 Å². The predicted molar refractivity (Wildman–Crippen MR) is 137 cm³/mol. The Labute approximate surface area is 229 Å². The van der Waals surface area contributed by atoms with E-state index < -0.39 is 47.1 Å². The smallest absolute Gasteiger partial charge is 0.374 e. The second-order valence-electron chi connectivity index (χ2n) is 9.02. The number of alkyl halides is 3. The van der Waals surface area contributed by atoms with Gasteiger partial charge in [-0.2, -0.15) is 13.2 Å². The molecule has 13 heteroatoms. The molecule has 0 radical (unpaired) electrons. The van der Waals surface area contributed by atoms with Gasteiger partial charge in [-0.25, -0.2) is 18.7 Å². The Morgan fingerprint density at radius 3 is 2.40 bits per heavy atom. The van der Waals surface area contributed by atoms with Crippen molar-refractivity contribution >= 4 is 34.6 Å². The van der Waals surface area contributed by atoms with Gasteiger partial charge in [0.15, 0.2) is 0 Å². The molecular weight excluding hydrogens is 557 g/mol. The number of fused-ring (bicyclic) bond motifs is 1. The number of nitrogens with zero attached hydrogens (tertiary/aromatic N) is 2. The fraction of sp³-hybridized carbons (Fsp3) is 0.148. The van der Waals surface area contributed by atoms with E-state index in [9.17, 15) is 31.9 Å². The van der Waals surface area contributed by atoms with Gasteiger partial charge >= 0.3 is 6.18 Å². The van der Waals surface area contributed by atoms with Gasteiger partial charge < -0.3 is 15.7 Å². The predicted octanol–water partition coefficient (Wildman–Crippen LogP) is 6.41. The quantitative estimate of drug-likeness (QED) is 0.205. The zero-order valence-electron chi connectivity index (χ0n) is 20.4. The lowest BCUT2D eigenvalue weighted by Gasteiger charge is -2.20. The van der Waals surface area contributed by atoms with Crippen molar-refractivity contribution in [2.45, 2.75) is 25.4 Å². The third-order valence-electron chi connectivity index (χ3n) is 6.19. The molecule has 5 rings (SSSR count). The van der Waals surface area contributed by atoms with Crippen LogP contribution in [0.3, 0.4) is 0 Å². The van der Waals surface area contributed by atoms with E-state index in [2.05, 4.69) is 25.9 Å². The fourth-order valence-electron chi connectivity index (χ4n) is 4.41. The van der Waals surface area contributed by atoms with Gasteiger partial charge in [-0.15, -0.1) is 0 Å². The maximum Gasteiger partial charge on any atom is 0.416 e. The van der Waals surface area contributed by atoms with Gasteiger partial charge in [-0.3, -0.25) is 10.1 Å². The summed E-state index contributed by atoms with van der Waals surface area (Å²) >= 11 is 6.32. The zero-order valence-corrected chi connectivity index (χ0v) is 21.2. The molecule has 40 heavy (non-hydrogen) atoms. The van der Waals surface area contributed by atoms with Gasteiger partial charge in [0.25, 0.3) is 5.91 Å². The molecule has 1 amide bonds. The van der Waals surface area contributed by atoms with E-state index >= 15 is 0 Å². The van der Waals surface area contributed by atoms with E-state index in [4.69, 9.17) is 11.6 Å². The second-order valence-corrected chi connectivity index (χ2v) is 9.43. The van der Waals surface area contributed by atoms with Gasteiger partial charge in [0, 0.05) is 33.1 Å². The molecule has 7 nitrogen and oxygen atoms in total. The summed E-state index contributed by atoms with van der Waals surface area (Å²) in [6.07, 6.45) is -3.17. The molecule has 0 fully saturated rings. The summed E-state index contributed by atoms with van der Waals surface area (Å²) < 4.78 is 68.0. The van der Waals surface area contributed by atoms with E-state index in [-0.39, 0.29) is 33.5 Å². The molecule has 4 N–H and O–H groups in total. The number of halogens is 6. The van der Waals surface area contributed by atoms with E-state index in [1.54, 1.807) is 13.0 Å². The molecule has 2 unspecified atom stereocenters. The monoisotopic (exact) mass is 575 g/mol. The normalized spacial score (nSPS) is 16.5. The molecular formula is C27H19ClF5N5O2. The highest BCUT2D eigenvalue weighted by molar-refractivity contribution is 6.31. The highest BCUT2D eigenvalue weighted by Crippen LogP contribution is 2.44. The maximum atomic E-state index is 14.1. The van der Waals surface area contributed by atoms with Crippen molar-refractivity contribution in [2.24, 2.45) is 0 Å². The molecule has 206 valence electrons. The SMILES string of the molecule is Cc1ncc(Nc2cc(NC(=O)c3cc(F)cc(C(F)(F)F)c3)c3c(c2)C(O)NC3c2cc(F)ccc2Cl)cn1. The molecule has 1 aromatic heterocycles. The Morgan fingerprint density at radius 2 is 1.70 bits per heavy atom. The summed E-state index contributed by atoms with van der Waals surface area (Å²) in [4.78, 5) is 21.3. The van der Waals surface area contributed by atoms with Crippen LogP contribution < -0.4 is 16.0 Å². The molecule has 0 saturated carbocycles. The molecule has 2 atom stereocenters. The Balaban J connectivity index is 1.61. The van der Waals surface area contributed by atoms with Crippen molar-refractivity contribution in [3.63, 3.8) is 0 Å². The van der Waals surface area contributed by atoms with Crippen molar-refractivity contribution in [3.8, 4) is 0 Å². The minimum atomic E-state index is -4.88. The lowest BCUT2D eigenvalue weighted by Crippen LogP contribution is -2.20. The number of nitrogens with one attached hydrogen (secondary N) is 3. The largest absolute Gasteiger partial charge is 0.416 e. The molecule has 3 aromatic carbocycles. The molecule has 0 spiro atoms. The van der Waals surface area contributed by atoms with Crippen LogP contribution in [-0.4, -0.2) is 21.0 Å². The number of hydrogen-bond acceptors (Lipinski definition) is 6. The van der Waals surface area contributed by atoms with Crippen LogP contribution in [0.4, 0.5) is 39.0 Å². The Bertz CT molecular complexity index is 1610. The number of benzene rings is 3. The first-order valence-corrected chi connectivity index (χ1v) is 12.1. The number of carbonyl (C=O) groups is 1. The number of aryl methyl sites for hydroxylation is 1. The molecule has 0 saturated heterocycles. The average molecular weight is 576 g/mol. The minimum Gasteiger partial charge on any atom is -0.374 e. The summed E-state index contributed by atoms with van der Waals surface area (Å²) in [5, 5.41) is 19.5. The summed E-state index contributed by atoms with van der Waals surface area (Å²) in [7, 11) is 0. The van der Waals surface area contributed by atoms with Gasteiger partial charge in [-0.1, -0.05) is 11.6 Å². The molecule has 0 bridgehead atoms. The van der Waals surface area contributed by atoms with Gasteiger partial charge in [0.1, 0.15) is 23.7 Å². The van der Waals surface area contributed by atoms with Crippen LogP contribution in [0.15, 0.2) is 60.9 Å². The highest BCUT2D eigenvalue weighted by atomic mass is 35.5. The number of amides is 1. The third-order valence-corrected chi connectivity index (χ3v) is 6.54. The van der Waals surface area contributed by atoms with Crippen LogP contribution in [0.1, 0.15) is 50.7 Å². The zero-order chi connectivity index (χ0) is 28.8. The highest BCUT2D eigenvalue weighted by Gasteiger charge is 2.36. The van der Waals surface area contributed by atoms with Crippen LogP contribution in [0.2, 0.25) is 5.02 Å². The number of rotatable bonds is 5. The molecule has 2 heterocycles. The van der Waals surface area contributed by atoms with Gasteiger partial charge in [0.2, 0.25) is 0 Å². The van der Waals surface area contributed by atoms with Crippen LogP contribution in [0, 0.1) is 18.6 Å². The van der Waals surface area contributed by atoms with Crippen LogP contribution in [-0.2, 0) is 6.18 Å². The number of anilines is 3. The molecule has 0 aliphatic carbocycles. The number of hydrogen-bond donors (Lipinski definition) is 4. The van der Waals surface area contributed by atoms with Crippen LogP contribution in [0.5, 0.6) is 0 Å². The molecule has 1 aliphatic rings. The van der Waals surface area contributed by atoms with E-state index in [1.165, 1.54) is 24.5 Å². The summed E-state index contributed by atoms with van der Waals surface area (Å²) in [5.74, 6) is -2.38. The van der Waals surface area contributed by atoms with E-state index in [0.29, 0.717) is 29.3 Å². The Kier molecular flexibility index (Phi) is 7.17. The number of aromatic nitrogens is 2. The summed E-state index contributed by atoms with van der Waals surface area (Å²) in [5.41, 5.74) is -0.257. The second kappa shape index (κ2) is 10.5. The molecule has 1 aliphatic heterocycles. The van der Waals surface area contributed by atoms with Crippen molar-refractivity contribution in [1.29, 1.82) is 0 Å². The maximum absolute atomic E-state index is 14.1. The Hall–Kier alpha value is -4.13. The minimum absolute atomic E-state index is 0.0465. The number of aliphatic hydroxyl groups is 1. The van der Waals surface area contributed by atoms with Crippen molar-refractivity contribution in [2.75, 3.05) is 10.6 Å². The van der Waals surface area contributed by atoms with E-state index in [1.807, 2.05) is 0 Å². The topological polar surface area (TPSA) is 99.2 Å². The fourth-order valence-corrected chi connectivity index (χ4v) is 4.64. The number of carbonyl (C=O) groups excluding carboxylic acids is 1. The Morgan fingerprint density at radius 1 is 0.975 bits per heavy atom. The van der Waals surface area contributed by atoms with Crippen molar-refractivity contribution in [3.05, 3.63) is 111 Å². The summed E-state index contributed by atoms with van der Waals surface area (Å²) in [6.45, 7) is 1.70. The van der Waals surface area contributed by atoms with Crippen LogP contribution >= 0.6 is 11.6 Å². The summed E-state index contributed by atoms with van der Waals surface area (Å²) in [6, 6.07) is 7.23. The van der Waals surface area contributed by atoms with E-state index in [0.717, 1.165) is 12.1 Å². The first kappa shape index (κ1) is 27.4. The first-order valence-electron chi connectivity index (χ1n) is 11.7. The standard InChI is InChI=1S/C27H19ClF5N5O2/c1-12-34-10-18(11-35-12)36-17-8-20-23(24(38-26(20)40)19-7-15(29)2-3-21(19)28)22(9-17)37-25(39)13-4-14(27(31,32)33)6-16(30)5-13/h2-11,24,26,36,38,40H,1H3,(H,37,39). The lowest BCUT2D eigenvalue weighted by molar-refractivity contribution is -0.137. The van der Waals surface area contributed by atoms with Crippen molar-refractivity contribution in [1.82, 2.24) is 15.3 Å². The first-order chi connectivity index (χ1) is 18.9. The van der Waals surface area contributed by atoms with Crippen LogP contribution in [0.25, 0.3) is 0 Å². The average Bonchev–Trinajstić information content (AvgIpc) is 3.22. The lowest BCUT2D eigenvalue weighted by atomic mass is 9.95. The van der Waals surface area contributed by atoms with Gasteiger partial charge in [-0.05, 0) is 61.0 Å². The number of aliphatic hydroxyl groups excluding tert-OH is 1. The molecule has 4 aromatic rings. The van der Waals surface area contributed by atoms with Crippen molar-refractivity contribution < 1.29 is 31.9 Å². The third kappa shape index (κ3) is 5.60.